The summed E-state index contributed by atoms with van der Waals surface area (Å²) in [7, 11) is 0. The first-order chi connectivity index (χ1) is 4.16. The largest absolute Gasteiger partial charge is 0.353 e. The number of amides is 1. The zero-order valence-corrected chi connectivity index (χ0v) is 5.68. The fourth-order valence-electron chi connectivity index (χ4n) is 0.550. The summed E-state index contributed by atoms with van der Waals surface area (Å²) in [6, 6.07) is -0.0278. The van der Waals surface area contributed by atoms with Crippen LogP contribution in [0.25, 0.3) is 0 Å². The van der Waals surface area contributed by atoms with Gasteiger partial charge in [0, 0.05) is 19.4 Å². The molecule has 0 heterocycles. The van der Waals surface area contributed by atoms with E-state index < -0.39 is 0 Å². The van der Waals surface area contributed by atoms with Crippen molar-refractivity contribution in [1.82, 2.24) is 5.32 Å². The van der Waals surface area contributed by atoms with Gasteiger partial charge in [-0.05, 0) is 6.92 Å². The summed E-state index contributed by atoms with van der Waals surface area (Å²) in [4.78, 5) is 20.1. The van der Waals surface area contributed by atoms with Gasteiger partial charge in [0.1, 0.15) is 6.29 Å². The van der Waals surface area contributed by atoms with Crippen molar-refractivity contribution >= 4 is 12.2 Å². The van der Waals surface area contributed by atoms with Crippen molar-refractivity contribution in [1.29, 1.82) is 0 Å². The second kappa shape index (κ2) is 4.06. The number of nitrogens with one attached hydrogen (secondary N) is 1. The van der Waals surface area contributed by atoms with Crippen LogP contribution in [0, 0.1) is 0 Å². The van der Waals surface area contributed by atoms with Crippen LogP contribution in [-0.2, 0) is 9.59 Å². The molecule has 0 saturated carbocycles. The average Bonchev–Trinajstić information content (AvgIpc) is 1.63. The third-order valence-corrected chi connectivity index (χ3v) is 0.899. The van der Waals surface area contributed by atoms with Crippen molar-refractivity contribution in [2.45, 2.75) is 26.3 Å². The van der Waals surface area contributed by atoms with Crippen LogP contribution in [0.1, 0.15) is 20.3 Å². The van der Waals surface area contributed by atoms with E-state index in [9.17, 15) is 9.59 Å². The minimum absolute atomic E-state index is 0.0278. The van der Waals surface area contributed by atoms with Crippen molar-refractivity contribution in [3.63, 3.8) is 0 Å². The maximum Gasteiger partial charge on any atom is 0.217 e. The smallest absolute Gasteiger partial charge is 0.217 e. The van der Waals surface area contributed by atoms with E-state index in [2.05, 4.69) is 5.32 Å². The molecule has 0 aromatic rings. The van der Waals surface area contributed by atoms with Crippen LogP contribution in [0.15, 0.2) is 0 Å². The molecule has 0 radical (unpaired) electrons. The molecule has 0 bridgehead atoms. The summed E-state index contributed by atoms with van der Waals surface area (Å²) >= 11 is 0. The molecule has 9 heavy (non-hydrogen) atoms. The minimum Gasteiger partial charge on any atom is -0.353 e. The fraction of sp³-hybridized carbons (Fsp3) is 0.667. The summed E-state index contributed by atoms with van der Waals surface area (Å²) in [5.74, 6) is -0.0932. The van der Waals surface area contributed by atoms with E-state index in [1.807, 2.05) is 0 Å². The van der Waals surface area contributed by atoms with Gasteiger partial charge >= 0.3 is 0 Å². The standard InChI is InChI=1S/C6H11NO2/c1-5(3-4-8)7-6(2)9/h4-5H,3H2,1-2H3,(H,7,9). The summed E-state index contributed by atoms with van der Waals surface area (Å²) in [6.07, 6.45) is 1.18. The van der Waals surface area contributed by atoms with E-state index in [-0.39, 0.29) is 11.9 Å². The highest BCUT2D eigenvalue weighted by molar-refractivity contribution is 5.73. The van der Waals surface area contributed by atoms with Gasteiger partial charge in [-0.25, -0.2) is 0 Å². The molecule has 0 aliphatic rings. The number of rotatable bonds is 3. The third-order valence-electron chi connectivity index (χ3n) is 0.899. The van der Waals surface area contributed by atoms with E-state index >= 15 is 0 Å². The van der Waals surface area contributed by atoms with Gasteiger partial charge in [0.2, 0.25) is 5.91 Å². The second-order valence-electron chi connectivity index (χ2n) is 2.00. The van der Waals surface area contributed by atoms with E-state index in [0.29, 0.717) is 6.42 Å². The Morgan fingerprint density at radius 3 is 2.67 bits per heavy atom. The van der Waals surface area contributed by atoms with Gasteiger partial charge in [-0.2, -0.15) is 0 Å². The highest BCUT2D eigenvalue weighted by Gasteiger charge is 1.99. The van der Waals surface area contributed by atoms with Crippen molar-refractivity contribution in [3.05, 3.63) is 0 Å². The molecule has 0 aliphatic heterocycles. The van der Waals surface area contributed by atoms with Gasteiger partial charge in [0.15, 0.2) is 0 Å². The van der Waals surface area contributed by atoms with E-state index in [0.717, 1.165) is 6.29 Å². The van der Waals surface area contributed by atoms with Crippen molar-refractivity contribution in [2.24, 2.45) is 0 Å². The predicted octanol–water partition coefficient (Wildman–Crippen LogP) is 0.100. The zero-order valence-electron chi connectivity index (χ0n) is 5.68. The lowest BCUT2D eigenvalue weighted by atomic mass is 10.2. The molecule has 3 heteroatoms. The molecule has 0 spiro atoms. The van der Waals surface area contributed by atoms with E-state index in [1.54, 1.807) is 6.92 Å². The first kappa shape index (κ1) is 8.14. The highest BCUT2D eigenvalue weighted by atomic mass is 16.1. The van der Waals surface area contributed by atoms with Crippen LogP contribution in [0.3, 0.4) is 0 Å². The Labute approximate surface area is 54.4 Å². The van der Waals surface area contributed by atoms with Crippen LogP contribution < -0.4 is 5.32 Å². The van der Waals surface area contributed by atoms with Gasteiger partial charge in [-0.15, -0.1) is 0 Å². The SMILES string of the molecule is CC(=O)NC(C)CC=O. The molecule has 0 rings (SSSR count). The van der Waals surface area contributed by atoms with E-state index in [1.165, 1.54) is 6.92 Å². The first-order valence-corrected chi connectivity index (χ1v) is 2.87. The zero-order chi connectivity index (χ0) is 7.28. The molecular weight excluding hydrogens is 118 g/mol. The molecule has 0 saturated heterocycles. The number of carbonyl (C=O) groups excluding carboxylic acids is 2. The lowest BCUT2D eigenvalue weighted by molar-refractivity contribution is -0.119. The van der Waals surface area contributed by atoms with Crippen LogP contribution in [0.4, 0.5) is 0 Å². The minimum atomic E-state index is -0.0932. The quantitative estimate of drug-likeness (QED) is 0.549. The Kier molecular flexibility index (Phi) is 3.67. The molecule has 0 aliphatic carbocycles. The molecular formula is C6H11NO2. The van der Waals surface area contributed by atoms with Crippen LogP contribution in [0.2, 0.25) is 0 Å². The Bertz CT molecular complexity index is 112. The lowest BCUT2D eigenvalue weighted by Gasteiger charge is -2.06. The Morgan fingerprint density at radius 2 is 2.33 bits per heavy atom. The Balaban J connectivity index is 3.37. The summed E-state index contributed by atoms with van der Waals surface area (Å²) in [5.41, 5.74) is 0. The molecule has 52 valence electrons. The second-order valence-corrected chi connectivity index (χ2v) is 2.00. The molecule has 1 unspecified atom stereocenters. The summed E-state index contributed by atoms with van der Waals surface area (Å²) < 4.78 is 0. The van der Waals surface area contributed by atoms with Gasteiger partial charge in [0.25, 0.3) is 0 Å². The van der Waals surface area contributed by atoms with Crippen LogP contribution >= 0.6 is 0 Å². The number of hydrogen-bond acceptors (Lipinski definition) is 2. The molecule has 0 fully saturated rings. The normalized spacial score (nSPS) is 12.2. The monoisotopic (exact) mass is 129 g/mol. The number of carbonyl (C=O) groups is 2. The maximum atomic E-state index is 10.3. The highest BCUT2D eigenvalue weighted by Crippen LogP contribution is 1.83. The average molecular weight is 129 g/mol. The van der Waals surface area contributed by atoms with Crippen LogP contribution in [0.5, 0.6) is 0 Å². The Hall–Kier alpha value is -0.860. The van der Waals surface area contributed by atoms with Crippen molar-refractivity contribution < 1.29 is 9.59 Å². The van der Waals surface area contributed by atoms with Crippen LogP contribution in [-0.4, -0.2) is 18.2 Å². The van der Waals surface area contributed by atoms with Gasteiger partial charge in [0.05, 0.1) is 0 Å². The first-order valence-electron chi connectivity index (χ1n) is 2.87. The lowest BCUT2D eigenvalue weighted by Crippen LogP contribution is -2.30. The molecule has 1 amide bonds. The predicted molar refractivity (Wildman–Crippen MR) is 34.0 cm³/mol. The van der Waals surface area contributed by atoms with Gasteiger partial charge in [-0.1, -0.05) is 0 Å². The topological polar surface area (TPSA) is 46.2 Å². The number of aldehydes is 1. The molecule has 0 aromatic heterocycles. The summed E-state index contributed by atoms with van der Waals surface area (Å²) in [6.45, 7) is 3.22. The van der Waals surface area contributed by atoms with Crippen molar-refractivity contribution in [2.75, 3.05) is 0 Å². The number of hydrogen-bond donors (Lipinski definition) is 1. The van der Waals surface area contributed by atoms with Crippen molar-refractivity contribution in [3.8, 4) is 0 Å². The Morgan fingerprint density at radius 1 is 1.78 bits per heavy atom. The van der Waals surface area contributed by atoms with Gasteiger partial charge < -0.3 is 10.1 Å². The third kappa shape index (κ3) is 5.00. The molecule has 0 aromatic carbocycles. The molecule has 3 nitrogen and oxygen atoms in total. The molecule has 1 N–H and O–H groups in total. The maximum absolute atomic E-state index is 10.3. The van der Waals surface area contributed by atoms with Gasteiger partial charge in [-0.3, -0.25) is 4.79 Å². The molecule has 1 atom stereocenters. The summed E-state index contributed by atoms with van der Waals surface area (Å²) in [5, 5.41) is 2.57. The van der Waals surface area contributed by atoms with E-state index in [4.69, 9.17) is 0 Å². The fourth-order valence-corrected chi connectivity index (χ4v) is 0.550.